The molecule has 0 amide bonds. The van der Waals surface area contributed by atoms with Gasteiger partial charge in [0.1, 0.15) is 5.82 Å². The monoisotopic (exact) mass is 551 g/mol. The quantitative estimate of drug-likeness (QED) is 0.413. The van der Waals surface area contributed by atoms with Crippen molar-refractivity contribution in [1.29, 1.82) is 0 Å². The van der Waals surface area contributed by atoms with Crippen molar-refractivity contribution in [2.24, 2.45) is 17.8 Å². The first-order valence-electron chi connectivity index (χ1n) is 13.4. The lowest BCUT2D eigenvalue weighted by molar-refractivity contribution is -0.129. The van der Waals surface area contributed by atoms with Crippen LogP contribution >= 0.6 is 15.9 Å². The maximum atomic E-state index is 10.9. The number of aromatic nitrogens is 4. The highest BCUT2D eigenvalue weighted by atomic mass is 79.9. The van der Waals surface area contributed by atoms with E-state index in [1.807, 2.05) is 12.5 Å². The zero-order valence-electron chi connectivity index (χ0n) is 20.7. The van der Waals surface area contributed by atoms with Crippen LogP contribution in [-0.2, 0) is 0 Å². The summed E-state index contributed by atoms with van der Waals surface area (Å²) < 4.78 is 3.21. The number of hydrogen-bond acceptors (Lipinski definition) is 7. The second-order valence-corrected chi connectivity index (χ2v) is 12.6. The summed E-state index contributed by atoms with van der Waals surface area (Å²) in [5.41, 5.74) is 2.67. The third-order valence-electron chi connectivity index (χ3n) is 9.20. The summed E-state index contributed by atoms with van der Waals surface area (Å²) in [6.07, 6.45) is 11.4. The fraction of sp³-hybridized carbons (Fsp3) is 0.593. The van der Waals surface area contributed by atoms with Gasteiger partial charge in [0.15, 0.2) is 0 Å². The van der Waals surface area contributed by atoms with Gasteiger partial charge in [0.2, 0.25) is 5.95 Å². The third-order valence-corrected chi connectivity index (χ3v) is 9.78. The third kappa shape index (κ3) is 4.09. The number of imidazole rings is 1. The van der Waals surface area contributed by atoms with Gasteiger partial charge in [-0.1, -0.05) is 0 Å². The lowest BCUT2D eigenvalue weighted by atomic mass is 9.52. The predicted molar refractivity (Wildman–Crippen MR) is 144 cm³/mol. The van der Waals surface area contributed by atoms with Crippen LogP contribution in [-0.4, -0.2) is 61.3 Å². The van der Waals surface area contributed by atoms with Gasteiger partial charge in [-0.25, -0.2) is 9.97 Å². The Labute approximate surface area is 220 Å². The molecule has 0 spiro atoms. The molecule has 3 N–H and O–H groups in total. The molecule has 2 unspecified atom stereocenters. The van der Waals surface area contributed by atoms with Gasteiger partial charge in [0.05, 0.1) is 27.4 Å². The fourth-order valence-electron chi connectivity index (χ4n) is 7.71. The zero-order valence-corrected chi connectivity index (χ0v) is 22.3. The maximum absolute atomic E-state index is 10.9. The van der Waals surface area contributed by atoms with Gasteiger partial charge in [-0.3, -0.25) is 0 Å². The van der Waals surface area contributed by atoms with Crippen LogP contribution in [0.5, 0.6) is 0 Å². The summed E-state index contributed by atoms with van der Waals surface area (Å²) in [6.45, 7) is 2.26. The molecule has 4 aliphatic carbocycles. The summed E-state index contributed by atoms with van der Waals surface area (Å²) in [5.74, 6) is 3.11. The van der Waals surface area contributed by atoms with Crippen molar-refractivity contribution in [2.75, 3.05) is 30.8 Å². The normalized spacial score (nSPS) is 32.3. The highest BCUT2D eigenvalue weighted by Gasteiger charge is 2.54. The first-order valence-corrected chi connectivity index (χ1v) is 14.2. The standard InChI is InChI=1S/C27H34BrN7O/c1-34-6-4-20(5-7-34)35-15-30-22-10-19(2-3-23(22)35)31-26-29-14-21(28)25(33-26)32-24-17-8-16-9-18(24)13-27(36,11-16)12-17/h2-3,10,14-18,20,24,36H,4-9,11-13H2,1H3,(H2,29,31,32,33). The molecule has 4 saturated carbocycles. The number of likely N-dealkylation sites (tertiary alicyclic amines) is 1. The topological polar surface area (TPSA) is 91.1 Å². The number of fused-ring (bicyclic) bond motifs is 1. The van der Waals surface area contributed by atoms with E-state index in [4.69, 9.17) is 9.97 Å². The van der Waals surface area contributed by atoms with Crippen molar-refractivity contribution in [1.82, 2.24) is 24.4 Å². The molecular weight excluding hydrogens is 518 g/mol. The first-order chi connectivity index (χ1) is 17.4. The Morgan fingerprint density at radius 1 is 1.08 bits per heavy atom. The minimum atomic E-state index is -0.427. The van der Waals surface area contributed by atoms with Crippen molar-refractivity contribution in [3.63, 3.8) is 0 Å². The molecule has 8 rings (SSSR count). The Hall–Kier alpha value is -2.23. The summed E-state index contributed by atoms with van der Waals surface area (Å²) in [4.78, 5) is 16.4. The Morgan fingerprint density at radius 3 is 2.61 bits per heavy atom. The van der Waals surface area contributed by atoms with Gasteiger partial charge in [0.25, 0.3) is 0 Å². The number of anilines is 3. The van der Waals surface area contributed by atoms with Crippen LogP contribution in [0.2, 0.25) is 0 Å². The van der Waals surface area contributed by atoms with Gasteiger partial charge in [0, 0.05) is 24.0 Å². The molecule has 1 aliphatic heterocycles. The largest absolute Gasteiger partial charge is 0.390 e. The van der Waals surface area contributed by atoms with Crippen LogP contribution < -0.4 is 10.6 Å². The maximum Gasteiger partial charge on any atom is 0.229 e. The number of nitrogens with one attached hydrogen (secondary N) is 2. The molecule has 0 radical (unpaired) electrons. The van der Waals surface area contributed by atoms with Gasteiger partial charge in [-0.2, -0.15) is 4.98 Å². The number of halogens is 1. The van der Waals surface area contributed by atoms with E-state index >= 15 is 0 Å². The fourth-order valence-corrected chi connectivity index (χ4v) is 8.01. The van der Waals surface area contributed by atoms with Gasteiger partial charge in [-0.05, 0) is 117 Å². The highest BCUT2D eigenvalue weighted by Crippen LogP contribution is 2.56. The van der Waals surface area contributed by atoms with E-state index < -0.39 is 5.60 Å². The lowest BCUT2D eigenvalue weighted by Crippen LogP contribution is -2.59. The molecule has 3 aromatic rings. The molecule has 4 bridgehead atoms. The molecule has 36 heavy (non-hydrogen) atoms. The van der Waals surface area contributed by atoms with Crippen molar-refractivity contribution >= 4 is 44.4 Å². The zero-order chi connectivity index (χ0) is 24.4. The predicted octanol–water partition coefficient (Wildman–Crippen LogP) is 4.95. The van der Waals surface area contributed by atoms with Crippen molar-refractivity contribution < 1.29 is 5.11 Å². The average Bonchev–Trinajstić information content (AvgIpc) is 3.26. The molecule has 2 aromatic heterocycles. The minimum absolute atomic E-state index is 0.362. The molecule has 5 fully saturated rings. The van der Waals surface area contributed by atoms with Crippen LogP contribution in [0.4, 0.5) is 17.5 Å². The number of rotatable bonds is 5. The van der Waals surface area contributed by atoms with E-state index in [1.54, 1.807) is 0 Å². The molecule has 5 aliphatic rings. The smallest absolute Gasteiger partial charge is 0.229 e. The molecule has 9 heteroatoms. The number of piperidine rings is 1. The number of aliphatic hydroxyl groups is 1. The van der Waals surface area contributed by atoms with Crippen molar-refractivity contribution in [2.45, 2.75) is 62.6 Å². The van der Waals surface area contributed by atoms with Crippen LogP contribution in [0, 0.1) is 17.8 Å². The minimum Gasteiger partial charge on any atom is -0.390 e. The summed E-state index contributed by atoms with van der Waals surface area (Å²) >= 11 is 3.65. The van der Waals surface area contributed by atoms with Crippen LogP contribution in [0.3, 0.4) is 0 Å². The van der Waals surface area contributed by atoms with Crippen molar-refractivity contribution in [3.8, 4) is 0 Å². The Bertz CT molecular complexity index is 1270. The average molecular weight is 553 g/mol. The lowest BCUT2D eigenvalue weighted by Gasteiger charge is -2.58. The summed E-state index contributed by atoms with van der Waals surface area (Å²) in [7, 11) is 2.19. The SMILES string of the molecule is CN1CCC(n2cnc3cc(Nc4ncc(Br)c(NC5C6CC7CC5CC(O)(C7)C6)n4)ccc32)CC1. The highest BCUT2D eigenvalue weighted by molar-refractivity contribution is 9.10. The van der Waals surface area contributed by atoms with Crippen LogP contribution in [0.15, 0.2) is 35.2 Å². The van der Waals surface area contributed by atoms with E-state index in [0.29, 0.717) is 35.8 Å². The summed E-state index contributed by atoms with van der Waals surface area (Å²) in [5, 5.41) is 18.1. The van der Waals surface area contributed by atoms with Gasteiger partial charge in [-0.15, -0.1) is 0 Å². The summed E-state index contributed by atoms with van der Waals surface area (Å²) in [6, 6.07) is 7.20. The number of nitrogens with zero attached hydrogens (tertiary/aromatic N) is 5. The van der Waals surface area contributed by atoms with Crippen molar-refractivity contribution in [3.05, 3.63) is 35.2 Å². The van der Waals surface area contributed by atoms with Crippen LogP contribution in [0.25, 0.3) is 11.0 Å². The van der Waals surface area contributed by atoms with Gasteiger partial charge >= 0.3 is 0 Å². The Balaban J connectivity index is 1.08. The second-order valence-electron chi connectivity index (χ2n) is 11.8. The van der Waals surface area contributed by atoms with Gasteiger partial charge < -0.3 is 25.2 Å². The Kier molecular flexibility index (Phi) is 5.52. The molecule has 1 saturated heterocycles. The number of hydrogen-bond donors (Lipinski definition) is 3. The second kappa shape index (κ2) is 8.67. The van der Waals surface area contributed by atoms with E-state index in [9.17, 15) is 5.11 Å². The van der Waals surface area contributed by atoms with Crippen LogP contribution in [0.1, 0.15) is 51.0 Å². The molecule has 8 nitrogen and oxygen atoms in total. The molecule has 1 aromatic carbocycles. The number of benzene rings is 1. The first kappa shape index (κ1) is 22.9. The molecular formula is C27H34BrN7O. The van der Waals surface area contributed by atoms with E-state index in [2.05, 4.69) is 66.3 Å². The molecule has 190 valence electrons. The molecule has 3 heterocycles. The van der Waals surface area contributed by atoms with E-state index in [1.165, 1.54) is 18.4 Å². The van der Waals surface area contributed by atoms with E-state index in [-0.39, 0.29) is 0 Å². The van der Waals surface area contributed by atoms with E-state index in [0.717, 1.165) is 66.7 Å². The molecule has 2 atom stereocenters. The Morgan fingerprint density at radius 2 is 1.86 bits per heavy atom.